The Bertz CT molecular complexity index is 590. The van der Waals surface area contributed by atoms with Gasteiger partial charge in [-0.05, 0) is 60.6 Å². The van der Waals surface area contributed by atoms with Gasteiger partial charge in [0.05, 0.1) is 6.04 Å². The van der Waals surface area contributed by atoms with Gasteiger partial charge >= 0.3 is 0 Å². The molecule has 0 amide bonds. The molecule has 1 aliphatic rings. The van der Waals surface area contributed by atoms with E-state index in [0.29, 0.717) is 6.04 Å². The van der Waals surface area contributed by atoms with Gasteiger partial charge < -0.3 is 10.2 Å². The van der Waals surface area contributed by atoms with E-state index >= 15 is 0 Å². The molecule has 1 saturated heterocycles. The van der Waals surface area contributed by atoms with Crippen LogP contribution in [0.1, 0.15) is 36.2 Å². The van der Waals surface area contributed by atoms with Crippen LogP contribution in [0.5, 0.6) is 0 Å². The van der Waals surface area contributed by atoms with Gasteiger partial charge in [-0.25, -0.2) is 0 Å². The van der Waals surface area contributed by atoms with E-state index in [-0.39, 0.29) is 0 Å². The summed E-state index contributed by atoms with van der Waals surface area (Å²) in [7, 11) is 0. The van der Waals surface area contributed by atoms with Gasteiger partial charge in [0.1, 0.15) is 0 Å². The van der Waals surface area contributed by atoms with E-state index in [1.807, 2.05) is 11.3 Å². The first kappa shape index (κ1) is 14.5. The van der Waals surface area contributed by atoms with Gasteiger partial charge in [-0.2, -0.15) is 0 Å². The topological polar surface area (TPSA) is 15.3 Å². The number of rotatable bonds is 3. The summed E-state index contributed by atoms with van der Waals surface area (Å²) in [6.07, 6.45) is 3.47. The van der Waals surface area contributed by atoms with Crippen molar-refractivity contribution in [1.29, 1.82) is 0 Å². The number of thiocarbonyl (C=S) groups is 1. The Labute approximate surface area is 135 Å². The number of aryl methyl sites for hydroxylation is 1. The number of thiophene rings is 1. The molecule has 3 rings (SSSR count). The number of likely N-dealkylation sites (tertiary alicyclic amines) is 1. The summed E-state index contributed by atoms with van der Waals surface area (Å²) < 4.78 is 0. The molecule has 0 spiro atoms. The molecule has 2 nitrogen and oxygen atoms in total. The van der Waals surface area contributed by atoms with Gasteiger partial charge in [-0.3, -0.25) is 0 Å². The van der Waals surface area contributed by atoms with Crippen molar-refractivity contribution in [1.82, 2.24) is 4.90 Å². The number of benzene rings is 1. The maximum Gasteiger partial charge on any atom is 0.173 e. The van der Waals surface area contributed by atoms with Crippen LogP contribution in [0.4, 0.5) is 5.69 Å². The van der Waals surface area contributed by atoms with E-state index in [1.165, 1.54) is 23.3 Å². The molecular weight excluding hydrogens is 296 g/mol. The minimum atomic E-state index is 0.444. The molecular formula is C17H20N2S2. The fourth-order valence-electron chi connectivity index (χ4n) is 2.81. The number of hydrogen-bond donors (Lipinski definition) is 1. The SMILES string of the molecule is CCc1ccc(NC(=S)N2CCC[C@H]2c2cccs2)cc1. The van der Waals surface area contributed by atoms with Crippen molar-refractivity contribution in [2.45, 2.75) is 32.2 Å². The molecule has 1 atom stereocenters. The Balaban J connectivity index is 1.69. The molecule has 2 heterocycles. The first-order valence-corrected chi connectivity index (χ1v) is 8.76. The minimum absolute atomic E-state index is 0.444. The number of nitrogens with one attached hydrogen (secondary N) is 1. The molecule has 21 heavy (non-hydrogen) atoms. The summed E-state index contributed by atoms with van der Waals surface area (Å²) in [5.41, 5.74) is 2.43. The standard InChI is InChI=1S/C17H20N2S2/c1-2-13-7-9-14(10-8-13)18-17(20)19-11-3-5-15(19)16-6-4-12-21-16/h4,6-10,12,15H,2-3,5,11H2,1H3,(H,18,20)/t15-/m0/s1. The van der Waals surface area contributed by atoms with Gasteiger partial charge in [0.25, 0.3) is 0 Å². The number of anilines is 1. The third-order valence-corrected chi connectivity index (χ3v) is 5.31. The molecule has 4 heteroatoms. The second-order valence-electron chi connectivity index (χ2n) is 5.35. The van der Waals surface area contributed by atoms with Crippen LogP contribution in [0.3, 0.4) is 0 Å². The minimum Gasteiger partial charge on any atom is -0.341 e. The molecule has 0 aliphatic carbocycles. The lowest BCUT2D eigenvalue weighted by Crippen LogP contribution is -2.33. The van der Waals surface area contributed by atoms with Crippen molar-refractivity contribution < 1.29 is 0 Å². The van der Waals surface area contributed by atoms with Gasteiger partial charge in [-0.1, -0.05) is 25.1 Å². The van der Waals surface area contributed by atoms with Gasteiger partial charge in [0, 0.05) is 17.1 Å². The zero-order valence-electron chi connectivity index (χ0n) is 12.2. The highest BCUT2D eigenvalue weighted by molar-refractivity contribution is 7.80. The maximum atomic E-state index is 5.63. The van der Waals surface area contributed by atoms with Crippen LogP contribution in [-0.2, 0) is 6.42 Å². The third kappa shape index (κ3) is 3.27. The molecule has 1 aliphatic heterocycles. The number of hydrogen-bond acceptors (Lipinski definition) is 2. The van der Waals surface area contributed by atoms with Gasteiger partial charge in [0.2, 0.25) is 0 Å². The summed E-state index contributed by atoms with van der Waals surface area (Å²) >= 11 is 7.45. The van der Waals surface area contributed by atoms with Crippen molar-refractivity contribution >= 4 is 34.4 Å². The van der Waals surface area contributed by atoms with E-state index < -0.39 is 0 Å². The monoisotopic (exact) mass is 316 g/mol. The van der Waals surface area contributed by atoms with Crippen molar-refractivity contribution in [3.63, 3.8) is 0 Å². The smallest absolute Gasteiger partial charge is 0.173 e. The Kier molecular flexibility index (Phi) is 4.56. The summed E-state index contributed by atoms with van der Waals surface area (Å²) in [5.74, 6) is 0. The summed E-state index contributed by atoms with van der Waals surface area (Å²) in [6, 6.07) is 13.3. The van der Waals surface area contributed by atoms with Crippen LogP contribution in [0, 0.1) is 0 Å². The molecule has 0 radical (unpaired) electrons. The zero-order valence-corrected chi connectivity index (χ0v) is 13.8. The van der Waals surface area contributed by atoms with E-state index in [1.54, 1.807) is 0 Å². The molecule has 1 N–H and O–H groups in total. The van der Waals surface area contributed by atoms with Crippen molar-refractivity contribution in [3.05, 3.63) is 52.2 Å². The Morgan fingerprint density at radius 3 is 2.81 bits per heavy atom. The van der Waals surface area contributed by atoms with Crippen LogP contribution < -0.4 is 5.32 Å². The quantitative estimate of drug-likeness (QED) is 0.815. The zero-order chi connectivity index (χ0) is 14.7. The molecule has 2 aromatic rings. The highest BCUT2D eigenvalue weighted by Crippen LogP contribution is 2.34. The molecule has 1 fully saturated rings. The Morgan fingerprint density at radius 2 is 2.14 bits per heavy atom. The van der Waals surface area contributed by atoms with Crippen LogP contribution in [0.25, 0.3) is 0 Å². The second-order valence-corrected chi connectivity index (χ2v) is 6.71. The summed E-state index contributed by atoms with van der Waals surface area (Å²) in [6.45, 7) is 3.21. The third-order valence-electron chi connectivity index (χ3n) is 4.00. The molecule has 1 aromatic heterocycles. The van der Waals surface area contributed by atoms with Crippen molar-refractivity contribution in [2.75, 3.05) is 11.9 Å². The van der Waals surface area contributed by atoms with Crippen LogP contribution in [0.15, 0.2) is 41.8 Å². The van der Waals surface area contributed by atoms with Crippen LogP contribution in [0.2, 0.25) is 0 Å². The first-order valence-electron chi connectivity index (χ1n) is 7.48. The highest BCUT2D eigenvalue weighted by atomic mass is 32.1. The number of nitrogens with zero attached hydrogens (tertiary/aromatic N) is 1. The molecule has 1 aromatic carbocycles. The van der Waals surface area contributed by atoms with Crippen molar-refractivity contribution in [2.24, 2.45) is 0 Å². The second kappa shape index (κ2) is 6.58. The maximum absolute atomic E-state index is 5.63. The van der Waals surface area contributed by atoms with Crippen LogP contribution in [-0.4, -0.2) is 16.6 Å². The summed E-state index contributed by atoms with van der Waals surface area (Å²) in [5, 5.41) is 6.38. The van der Waals surface area contributed by atoms with Crippen LogP contribution >= 0.6 is 23.6 Å². The van der Waals surface area contributed by atoms with Gasteiger partial charge in [-0.15, -0.1) is 11.3 Å². The molecule has 0 saturated carbocycles. The molecule has 110 valence electrons. The highest BCUT2D eigenvalue weighted by Gasteiger charge is 2.28. The van der Waals surface area contributed by atoms with Gasteiger partial charge in [0.15, 0.2) is 5.11 Å². The lowest BCUT2D eigenvalue weighted by Gasteiger charge is -2.27. The fourth-order valence-corrected chi connectivity index (χ4v) is 4.02. The average Bonchev–Trinajstić information content (AvgIpc) is 3.18. The van der Waals surface area contributed by atoms with E-state index in [9.17, 15) is 0 Å². The average molecular weight is 316 g/mol. The lowest BCUT2D eigenvalue weighted by atomic mass is 10.1. The Hall–Kier alpha value is -1.39. The van der Waals surface area contributed by atoms with Crippen molar-refractivity contribution in [3.8, 4) is 0 Å². The normalized spacial score (nSPS) is 18.0. The predicted octanol–water partition coefficient (Wildman–Crippen LogP) is 4.84. The van der Waals surface area contributed by atoms with E-state index in [4.69, 9.17) is 12.2 Å². The van der Waals surface area contributed by atoms with E-state index in [0.717, 1.165) is 23.8 Å². The lowest BCUT2D eigenvalue weighted by molar-refractivity contribution is 0.412. The Morgan fingerprint density at radius 1 is 1.33 bits per heavy atom. The summed E-state index contributed by atoms with van der Waals surface area (Å²) in [4.78, 5) is 3.74. The van der Waals surface area contributed by atoms with E-state index in [2.05, 4.69) is 58.9 Å². The fraction of sp³-hybridized carbons (Fsp3) is 0.353. The molecule has 0 bridgehead atoms. The molecule has 0 unspecified atom stereocenters. The largest absolute Gasteiger partial charge is 0.341 e. The first-order chi connectivity index (χ1) is 10.3. The predicted molar refractivity (Wildman–Crippen MR) is 95.0 cm³/mol.